The number of carbonyl (C=O) groups excluding carboxylic acids is 2. The molecule has 0 aliphatic carbocycles. The summed E-state index contributed by atoms with van der Waals surface area (Å²) in [4.78, 5) is 24.4. The molecule has 1 fully saturated rings. The number of imide groups is 1. The van der Waals surface area contributed by atoms with Gasteiger partial charge in [0.2, 0.25) is 5.91 Å². The molecule has 0 aromatic heterocycles. The zero-order valence-electron chi connectivity index (χ0n) is 9.04. The molecule has 3 amide bonds. The van der Waals surface area contributed by atoms with Crippen molar-refractivity contribution in [3.8, 4) is 0 Å². The number of nitrogens with zero attached hydrogens (tertiary/aromatic N) is 1. The number of anilines is 1. The molecule has 0 radical (unpaired) electrons. The first-order valence-electron chi connectivity index (χ1n) is 5.06. The van der Waals surface area contributed by atoms with Gasteiger partial charge in [-0.25, -0.2) is 4.79 Å². The fraction of sp³-hybridized carbons (Fsp3) is 0.273. The molecule has 2 rings (SSSR count). The maximum atomic E-state index is 11.7. The van der Waals surface area contributed by atoms with Gasteiger partial charge in [0.25, 0.3) is 0 Å². The largest absolute Gasteiger partial charge is 0.328 e. The minimum atomic E-state index is -0.452. The molecule has 90 valence electrons. The number of carbonyl (C=O) groups is 2. The average molecular weight is 273 g/mol. The third kappa shape index (κ3) is 2.53. The Balaban J connectivity index is 2.33. The monoisotopic (exact) mass is 272 g/mol. The smallest absolute Gasteiger partial charge is 0.293 e. The Labute approximate surface area is 108 Å². The number of hydrogen-bond donors (Lipinski definition) is 1. The molecular formula is C11H10Cl2N2O2. The van der Waals surface area contributed by atoms with E-state index in [9.17, 15) is 9.59 Å². The van der Waals surface area contributed by atoms with E-state index in [2.05, 4.69) is 5.32 Å². The summed E-state index contributed by atoms with van der Waals surface area (Å²) in [5, 5.41) is 3.18. The first-order valence-corrected chi connectivity index (χ1v) is 5.81. The van der Waals surface area contributed by atoms with Gasteiger partial charge in [0.1, 0.15) is 0 Å². The number of rotatable bonds is 1. The first kappa shape index (κ1) is 12.2. The zero-order valence-corrected chi connectivity index (χ0v) is 10.5. The Morgan fingerprint density at radius 2 is 1.82 bits per heavy atom. The number of benzene rings is 1. The third-order valence-corrected chi connectivity index (χ3v) is 2.97. The van der Waals surface area contributed by atoms with E-state index in [4.69, 9.17) is 23.2 Å². The van der Waals surface area contributed by atoms with Crippen molar-refractivity contribution in [2.45, 2.75) is 6.92 Å². The Kier molecular flexibility index (Phi) is 3.26. The molecule has 1 aliphatic rings. The van der Waals surface area contributed by atoms with Crippen molar-refractivity contribution in [2.24, 2.45) is 5.92 Å². The van der Waals surface area contributed by atoms with Gasteiger partial charge in [-0.05, 0) is 18.2 Å². The highest BCUT2D eigenvalue weighted by Gasteiger charge is 2.30. The molecule has 1 unspecified atom stereocenters. The lowest BCUT2D eigenvalue weighted by atomic mass is 10.1. The standard InChI is InChI=1S/C11H10Cl2N2O2/c1-6-5-15(11(17)14-10(6)16)9-3-7(12)2-8(13)4-9/h2-4,6H,5H2,1H3,(H,14,16,17). The van der Waals surface area contributed by atoms with Crippen LogP contribution in [-0.2, 0) is 4.79 Å². The van der Waals surface area contributed by atoms with Crippen LogP contribution in [0.2, 0.25) is 10.0 Å². The Morgan fingerprint density at radius 3 is 2.41 bits per heavy atom. The van der Waals surface area contributed by atoms with Crippen molar-refractivity contribution in [1.29, 1.82) is 0 Å². The lowest BCUT2D eigenvalue weighted by Crippen LogP contribution is -2.53. The number of amides is 3. The average Bonchev–Trinajstić information content (AvgIpc) is 2.22. The summed E-state index contributed by atoms with van der Waals surface area (Å²) in [6.45, 7) is 2.07. The molecule has 1 aliphatic heterocycles. The highest BCUT2D eigenvalue weighted by Crippen LogP contribution is 2.27. The predicted molar refractivity (Wildman–Crippen MR) is 66.5 cm³/mol. The van der Waals surface area contributed by atoms with Crippen LogP contribution in [0.4, 0.5) is 10.5 Å². The van der Waals surface area contributed by atoms with Crippen LogP contribution >= 0.6 is 23.2 Å². The first-order chi connectivity index (χ1) is 7.97. The topological polar surface area (TPSA) is 49.4 Å². The van der Waals surface area contributed by atoms with E-state index < -0.39 is 6.03 Å². The molecule has 6 heteroatoms. The fourth-order valence-electron chi connectivity index (χ4n) is 1.65. The highest BCUT2D eigenvalue weighted by atomic mass is 35.5. The van der Waals surface area contributed by atoms with E-state index in [-0.39, 0.29) is 11.8 Å². The molecule has 1 aromatic carbocycles. The van der Waals surface area contributed by atoms with E-state index in [0.29, 0.717) is 22.3 Å². The summed E-state index contributed by atoms with van der Waals surface area (Å²) in [6.07, 6.45) is 0. The zero-order chi connectivity index (χ0) is 12.6. The van der Waals surface area contributed by atoms with Crippen LogP contribution in [0, 0.1) is 5.92 Å². The SMILES string of the molecule is CC1CN(c2cc(Cl)cc(Cl)c2)C(=O)NC1=O. The Morgan fingerprint density at radius 1 is 1.24 bits per heavy atom. The summed E-state index contributed by atoms with van der Waals surface area (Å²) in [5.74, 6) is -0.523. The van der Waals surface area contributed by atoms with Crippen molar-refractivity contribution >= 4 is 40.8 Å². The van der Waals surface area contributed by atoms with Crippen LogP contribution in [0.5, 0.6) is 0 Å². The van der Waals surface area contributed by atoms with Crippen molar-refractivity contribution in [3.05, 3.63) is 28.2 Å². The number of hydrogen-bond acceptors (Lipinski definition) is 2. The molecule has 0 bridgehead atoms. The number of urea groups is 1. The summed E-state index contributed by atoms with van der Waals surface area (Å²) < 4.78 is 0. The second-order valence-electron chi connectivity index (χ2n) is 3.93. The van der Waals surface area contributed by atoms with Crippen molar-refractivity contribution in [3.63, 3.8) is 0 Å². The third-order valence-electron chi connectivity index (χ3n) is 2.54. The minimum Gasteiger partial charge on any atom is -0.293 e. The molecule has 0 spiro atoms. The molecular weight excluding hydrogens is 263 g/mol. The lowest BCUT2D eigenvalue weighted by molar-refractivity contribution is -0.123. The van der Waals surface area contributed by atoms with E-state index in [1.54, 1.807) is 25.1 Å². The van der Waals surface area contributed by atoms with Crippen LogP contribution in [0.1, 0.15) is 6.92 Å². The normalized spacial score (nSPS) is 20.4. The van der Waals surface area contributed by atoms with Gasteiger partial charge >= 0.3 is 6.03 Å². The molecule has 1 aromatic rings. The fourth-order valence-corrected chi connectivity index (χ4v) is 2.17. The maximum Gasteiger partial charge on any atom is 0.328 e. The summed E-state index contributed by atoms with van der Waals surface area (Å²) >= 11 is 11.7. The van der Waals surface area contributed by atoms with Gasteiger partial charge < -0.3 is 0 Å². The van der Waals surface area contributed by atoms with Gasteiger partial charge in [-0.15, -0.1) is 0 Å². The van der Waals surface area contributed by atoms with Gasteiger partial charge in [-0.2, -0.15) is 0 Å². The second kappa shape index (κ2) is 4.55. The van der Waals surface area contributed by atoms with Crippen molar-refractivity contribution in [1.82, 2.24) is 5.32 Å². The van der Waals surface area contributed by atoms with Gasteiger partial charge in [0.05, 0.1) is 5.92 Å². The van der Waals surface area contributed by atoms with Crippen LogP contribution in [0.3, 0.4) is 0 Å². The molecule has 0 saturated carbocycles. The van der Waals surface area contributed by atoms with Crippen LogP contribution < -0.4 is 10.2 Å². The van der Waals surface area contributed by atoms with Gasteiger partial charge in [-0.1, -0.05) is 30.1 Å². The summed E-state index contributed by atoms with van der Waals surface area (Å²) in [6, 6.07) is 4.40. The lowest BCUT2D eigenvalue weighted by Gasteiger charge is -2.30. The highest BCUT2D eigenvalue weighted by molar-refractivity contribution is 6.35. The molecule has 1 atom stereocenters. The Hall–Kier alpha value is -1.26. The quantitative estimate of drug-likeness (QED) is 0.855. The minimum absolute atomic E-state index is 0.259. The van der Waals surface area contributed by atoms with Crippen molar-refractivity contribution < 1.29 is 9.59 Å². The van der Waals surface area contributed by atoms with Gasteiger partial charge in [0, 0.05) is 22.3 Å². The van der Waals surface area contributed by atoms with Crippen LogP contribution in [-0.4, -0.2) is 18.5 Å². The van der Waals surface area contributed by atoms with E-state index >= 15 is 0 Å². The van der Waals surface area contributed by atoms with Gasteiger partial charge in [0.15, 0.2) is 0 Å². The summed E-state index contributed by atoms with van der Waals surface area (Å²) in [5.41, 5.74) is 0.583. The van der Waals surface area contributed by atoms with Crippen molar-refractivity contribution in [2.75, 3.05) is 11.4 Å². The number of halogens is 2. The van der Waals surface area contributed by atoms with E-state index in [1.807, 2.05) is 0 Å². The Bertz CT molecular complexity index is 470. The number of nitrogens with one attached hydrogen (secondary N) is 1. The molecule has 1 N–H and O–H groups in total. The van der Waals surface area contributed by atoms with Gasteiger partial charge in [-0.3, -0.25) is 15.0 Å². The molecule has 1 heterocycles. The maximum absolute atomic E-state index is 11.7. The summed E-state index contributed by atoms with van der Waals surface area (Å²) in [7, 11) is 0. The predicted octanol–water partition coefficient (Wildman–Crippen LogP) is 2.69. The molecule has 17 heavy (non-hydrogen) atoms. The van der Waals surface area contributed by atoms with E-state index in [0.717, 1.165) is 0 Å². The van der Waals surface area contributed by atoms with E-state index in [1.165, 1.54) is 4.90 Å². The second-order valence-corrected chi connectivity index (χ2v) is 4.81. The van der Waals surface area contributed by atoms with Crippen LogP contribution in [0.25, 0.3) is 0 Å². The van der Waals surface area contributed by atoms with Crippen LogP contribution in [0.15, 0.2) is 18.2 Å². The molecule has 4 nitrogen and oxygen atoms in total. The molecule has 1 saturated heterocycles.